The van der Waals surface area contributed by atoms with Gasteiger partial charge in [-0.1, -0.05) is 0 Å². The summed E-state index contributed by atoms with van der Waals surface area (Å²) in [6, 6.07) is 0. The number of anilines is 1. The largest absolute Gasteiger partial charge is 1.00 e. The second-order valence-corrected chi connectivity index (χ2v) is 1.70. The van der Waals surface area contributed by atoms with Crippen LogP contribution in [0, 0.1) is 4.91 Å². The fourth-order valence-corrected chi connectivity index (χ4v) is 0.551. The predicted molar refractivity (Wildman–Crippen MR) is 34.2 cm³/mol. The minimum Gasteiger partial charge on any atom is -0.858 e. The van der Waals surface area contributed by atoms with Crippen molar-refractivity contribution < 1.29 is 34.7 Å². The van der Waals surface area contributed by atoms with Crippen LogP contribution in [0.15, 0.2) is 9.97 Å². The van der Waals surface area contributed by atoms with Crippen molar-refractivity contribution in [1.29, 1.82) is 0 Å². The summed E-state index contributed by atoms with van der Waals surface area (Å²) in [5, 5.41) is 12.9. The first kappa shape index (κ1) is 11.1. The molecule has 0 aliphatic carbocycles. The third kappa shape index (κ3) is 2.03. The standard InChI is InChI=1S/C4H4N4O3.Na/c5-2-1(8-11)3(9)7-4(10)6-2;/h(H4,5,6,7,9,10);/q;+1/p-1. The summed E-state index contributed by atoms with van der Waals surface area (Å²) < 4.78 is 0. The molecule has 1 heterocycles. The van der Waals surface area contributed by atoms with E-state index in [2.05, 4.69) is 10.2 Å². The molecule has 7 nitrogen and oxygen atoms in total. The zero-order valence-electron chi connectivity index (χ0n) is 6.20. The number of hydrogen-bond acceptors (Lipinski definition) is 6. The Morgan fingerprint density at radius 1 is 1.58 bits per heavy atom. The van der Waals surface area contributed by atoms with Gasteiger partial charge in [-0.25, -0.2) is 4.79 Å². The van der Waals surface area contributed by atoms with Gasteiger partial charge in [0.25, 0.3) is 0 Å². The number of aromatic nitrogens is 2. The van der Waals surface area contributed by atoms with Crippen LogP contribution in [0.4, 0.5) is 11.5 Å². The van der Waals surface area contributed by atoms with Crippen LogP contribution in [-0.2, 0) is 0 Å². The number of aromatic amines is 1. The molecule has 12 heavy (non-hydrogen) atoms. The van der Waals surface area contributed by atoms with Gasteiger partial charge in [0.1, 0.15) is 0 Å². The molecule has 58 valence electrons. The van der Waals surface area contributed by atoms with Gasteiger partial charge in [-0.15, -0.1) is 4.91 Å². The maximum absolute atomic E-state index is 10.6. The SMILES string of the molecule is Nc1nc(=O)[nH]c([O-])c1N=O.[Na+]. The molecule has 1 rings (SSSR count). The number of hydrogen-bond donors (Lipinski definition) is 2. The van der Waals surface area contributed by atoms with Crippen LogP contribution in [0.2, 0.25) is 0 Å². The van der Waals surface area contributed by atoms with Gasteiger partial charge in [0.15, 0.2) is 11.5 Å². The molecule has 0 saturated heterocycles. The van der Waals surface area contributed by atoms with E-state index in [1.807, 2.05) is 0 Å². The van der Waals surface area contributed by atoms with Crippen molar-refractivity contribution in [2.24, 2.45) is 5.18 Å². The van der Waals surface area contributed by atoms with Crippen molar-refractivity contribution in [3.8, 4) is 5.88 Å². The van der Waals surface area contributed by atoms with Gasteiger partial charge >= 0.3 is 35.2 Å². The van der Waals surface area contributed by atoms with Gasteiger partial charge < -0.3 is 15.8 Å². The van der Waals surface area contributed by atoms with E-state index in [0.717, 1.165) is 0 Å². The second-order valence-electron chi connectivity index (χ2n) is 1.70. The Labute approximate surface area is 88.3 Å². The molecule has 0 aliphatic heterocycles. The number of nitrogens with one attached hydrogen (secondary N) is 1. The van der Waals surface area contributed by atoms with Crippen LogP contribution in [0.1, 0.15) is 0 Å². The quantitative estimate of drug-likeness (QED) is 0.333. The first-order valence-corrected chi connectivity index (χ1v) is 2.55. The first-order chi connectivity index (χ1) is 5.15. The number of nitrogen functional groups attached to an aromatic ring is 1. The summed E-state index contributed by atoms with van der Waals surface area (Å²) >= 11 is 0. The molecule has 8 heteroatoms. The monoisotopic (exact) mass is 178 g/mol. The summed E-state index contributed by atoms with van der Waals surface area (Å²) in [5.41, 5.74) is 3.55. The second kappa shape index (κ2) is 4.19. The predicted octanol–water partition coefficient (Wildman–Crippen LogP) is -4.17. The molecule has 0 aliphatic rings. The summed E-state index contributed by atoms with van der Waals surface area (Å²) in [4.78, 5) is 25.1. The molecule has 3 N–H and O–H groups in total. The molecule has 1 aromatic rings. The van der Waals surface area contributed by atoms with Crippen LogP contribution in [-0.4, -0.2) is 9.97 Å². The zero-order valence-corrected chi connectivity index (χ0v) is 8.20. The fourth-order valence-electron chi connectivity index (χ4n) is 0.551. The maximum Gasteiger partial charge on any atom is 1.00 e. The van der Waals surface area contributed by atoms with Crippen LogP contribution in [0.25, 0.3) is 0 Å². The average molecular weight is 178 g/mol. The number of nitrogens with zero attached hydrogens (tertiary/aromatic N) is 2. The van der Waals surface area contributed by atoms with E-state index in [1.165, 1.54) is 0 Å². The van der Waals surface area contributed by atoms with Crippen molar-refractivity contribution >= 4 is 11.5 Å². The summed E-state index contributed by atoms with van der Waals surface area (Å²) in [6.07, 6.45) is 0. The smallest absolute Gasteiger partial charge is 0.858 e. The normalized spacial score (nSPS) is 8.67. The van der Waals surface area contributed by atoms with E-state index in [1.54, 1.807) is 4.98 Å². The molecule has 0 unspecified atom stereocenters. The Morgan fingerprint density at radius 3 is 2.58 bits per heavy atom. The van der Waals surface area contributed by atoms with E-state index in [-0.39, 0.29) is 29.6 Å². The Hall–Kier alpha value is -0.920. The molecule has 0 atom stereocenters. The molecule has 0 aromatic carbocycles. The van der Waals surface area contributed by atoms with E-state index >= 15 is 0 Å². The molecule has 0 spiro atoms. The molecular weight excluding hydrogens is 175 g/mol. The van der Waals surface area contributed by atoms with Gasteiger partial charge in [-0.2, -0.15) is 4.98 Å². The minimum atomic E-state index is -0.919. The molecule has 0 saturated carbocycles. The van der Waals surface area contributed by atoms with E-state index in [4.69, 9.17) is 5.73 Å². The Morgan fingerprint density at radius 2 is 2.17 bits per heavy atom. The number of H-pyrrole nitrogens is 1. The first-order valence-electron chi connectivity index (χ1n) is 2.55. The summed E-state index contributed by atoms with van der Waals surface area (Å²) in [7, 11) is 0. The van der Waals surface area contributed by atoms with Crippen LogP contribution >= 0.6 is 0 Å². The van der Waals surface area contributed by atoms with Gasteiger partial charge in [0, 0.05) is 0 Å². The minimum absolute atomic E-state index is 0. The molecular formula is C4H3N4NaO3. The summed E-state index contributed by atoms with van der Waals surface area (Å²) in [5.74, 6) is -1.37. The number of nitrogens with two attached hydrogens (primary N) is 1. The van der Waals surface area contributed by atoms with Gasteiger partial charge in [0.2, 0.25) is 0 Å². The van der Waals surface area contributed by atoms with Crippen LogP contribution in [0.5, 0.6) is 5.88 Å². The van der Waals surface area contributed by atoms with Crippen molar-refractivity contribution in [2.75, 3.05) is 5.73 Å². The van der Waals surface area contributed by atoms with Gasteiger partial charge in [-0.3, -0.25) is 0 Å². The third-order valence-electron chi connectivity index (χ3n) is 0.991. The molecule has 0 fully saturated rings. The Kier molecular flexibility index (Phi) is 3.87. The topological polar surface area (TPSA) is 124 Å². The average Bonchev–Trinajstić information content (AvgIpc) is 1.85. The van der Waals surface area contributed by atoms with Gasteiger partial charge in [0.05, 0.1) is 0 Å². The molecule has 0 bridgehead atoms. The van der Waals surface area contributed by atoms with Crippen LogP contribution < -0.4 is 46.1 Å². The maximum atomic E-state index is 10.6. The Bertz CT molecular complexity index is 322. The van der Waals surface area contributed by atoms with Crippen molar-refractivity contribution in [2.45, 2.75) is 0 Å². The van der Waals surface area contributed by atoms with Crippen LogP contribution in [0.3, 0.4) is 0 Å². The van der Waals surface area contributed by atoms with Crippen molar-refractivity contribution in [3.63, 3.8) is 0 Å². The zero-order chi connectivity index (χ0) is 8.43. The van der Waals surface area contributed by atoms with E-state index in [0.29, 0.717) is 0 Å². The number of nitroso groups, excluding NO2 is 1. The Balaban J connectivity index is 0.00000121. The van der Waals surface area contributed by atoms with E-state index in [9.17, 15) is 14.8 Å². The van der Waals surface area contributed by atoms with Gasteiger partial charge in [-0.05, 0) is 11.1 Å². The fraction of sp³-hybridized carbons (Fsp3) is 0. The number of rotatable bonds is 1. The van der Waals surface area contributed by atoms with E-state index < -0.39 is 23.1 Å². The molecule has 0 radical (unpaired) electrons. The molecule has 1 aromatic heterocycles. The summed E-state index contributed by atoms with van der Waals surface area (Å²) in [6.45, 7) is 0. The third-order valence-corrected chi connectivity index (χ3v) is 0.991. The van der Waals surface area contributed by atoms with Crippen molar-refractivity contribution in [1.82, 2.24) is 9.97 Å². The molecule has 0 amide bonds. The van der Waals surface area contributed by atoms with Crippen molar-refractivity contribution in [3.05, 3.63) is 15.4 Å².